The lowest BCUT2D eigenvalue weighted by molar-refractivity contribution is 0.413. The lowest BCUT2D eigenvalue weighted by atomic mass is 9.93. The number of nitrogens with two attached hydrogens (primary N) is 1. The molecular weight excluding hydrogens is 256 g/mol. The SMILES string of the molecule is Nc1ccc(N(Cc2ccccc2)C2CCCCC2)cc1. The van der Waals surface area contributed by atoms with Crippen molar-refractivity contribution in [1.29, 1.82) is 0 Å². The standard InChI is InChI=1S/C19H24N2/c20-17-11-13-19(14-12-17)21(18-9-5-2-6-10-18)15-16-7-3-1-4-8-16/h1,3-4,7-8,11-14,18H,2,5-6,9-10,15,20H2. The second-order valence-corrected chi connectivity index (χ2v) is 6.00. The number of benzene rings is 2. The van der Waals surface area contributed by atoms with Crippen LogP contribution in [-0.2, 0) is 6.54 Å². The number of hydrogen-bond acceptors (Lipinski definition) is 2. The Hall–Kier alpha value is -1.96. The first kappa shape index (κ1) is 14.0. The Morgan fingerprint density at radius 1 is 0.857 bits per heavy atom. The highest BCUT2D eigenvalue weighted by Gasteiger charge is 2.21. The summed E-state index contributed by atoms with van der Waals surface area (Å²) in [5.41, 5.74) is 9.34. The van der Waals surface area contributed by atoms with Gasteiger partial charge in [0.25, 0.3) is 0 Å². The second kappa shape index (κ2) is 6.66. The summed E-state index contributed by atoms with van der Waals surface area (Å²) >= 11 is 0. The van der Waals surface area contributed by atoms with Crippen molar-refractivity contribution >= 4 is 11.4 Å². The van der Waals surface area contributed by atoms with Crippen molar-refractivity contribution in [1.82, 2.24) is 0 Å². The molecule has 110 valence electrons. The molecule has 0 spiro atoms. The summed E-state index contributed by atoms with van der Waals surface area (Å²) in [7, 11) is 0. The van der Waals surface area contributed by atoms with E-state index in [-0.39, 0.29) is 0 Å². The number of nitrogens with zero attached hydrogens (tertiary/aromatic N) is 1. The molecule has 0 radical (unpaired) electrons. The molecule has 0 aliphatic heterocycles. The van der Waals surface area contributed by atoms with E-state index in [0.717, 1.165) is 12.2 Å². The zero-order valence-electron chi connectivity index (χ0n) is 12.5. The molecule has 2 nitrogen and oxygen atoms in total. The molecule has 1 aliphatic rings. The molecule has 0 amide bonds. The summed E-state index contributed by atoms with van der Waals surface area (Å²) in [6, 6.07) is 19.8. The summed E-state index contributed by atoms with van der Waals surface area (Å²) in [5, 5.41) is 0. The van der Waals surface area contributed by atoms with Gasteiger partial charge in [-0.2, -0.15) is 0 Å². The minimum absolute atomic E-state index is 0.655. The lowest BCUT2D eigenvalue weighted by Gasteiger charge is -2.36. The molecule has 0 atom stereocenters. The van der Waals surface area contributed by atoms with E-state index in [9.17, 15) is 0 Å². The van der Waals surface area contributed by atoms with Crippen LogP contribution in [0.2, 0.25) is 0 Å². The Balaban J connectivity index is 1.84. The third-order valence-corrected chi connectivity index (χ3v) is 4.44. The molecule has 0 bridgehead atoms. The number of hydrogen-bond donors (Lipinski definition) is 1. The summed E-state index contributed by atoms with van der Waals surface area (Å²) in [6.45, 7) is 0.982. The topological polar surface area (TPSA) is 29.3 Å². The fraction of sp³-hybridized carbons (Fsp3) is 0.368. The monoisotopic (exact) mass is 280 g/mol. The highest BCUT2D eigenvalue weighted by Crippen LogP contribution is 2.29. The summed E-state index contributed by atoms with van der Waals surface area (Å²) < 4.78 is 0. The average Bonchev–Trinajstić information content (AvgIpc) is 2.55. The Labute approximate surface area is 127 Å². The number of anilines is 2. The first-order chi connectivity index (χ1) is 10.3. The van der Waals surface area contributed by atoms with Gasteiger partial charge in [-0.05, 0) is 42.7 Å². The molecule has 0 unspecified atom stereocenters. The van der Waals surface area contributed by atoms with Crippen LogP contribution in [0.5, 0.6) is 0 Å². The summed E-state index contributed by atoms with van der Waals surface area (Å²) in [4.78, 5) is 2.56. The van der Waals surface area contributed by atoms with E-state index in [1.165, 1.54) is 43.4 Å². The molecule has 2 aromatic carbocycles. The van der Waals surface area contributed by atoms with Gasteiger partial charge in [-0.25, -0.2) is 0 Å². The minimum Gasteiger partial charge on any atom is -0.399 e. The molecule has 1 aliphatic carbocycles. The lowest BCUT2D eigenvalue weighted by Crippen LogP contribution is -2.36. The molecule has 0 aromatic heterocycles. The van der Waals surface area contributed by atoms with Crippen LogP contribution in [0.4, 0.5) is 11.4 Å². The third-order valence-electron chi connectivity index (χ3n) is 4.44. The molecule has 2 heteroatoms. The van der Waals surface area contributed by atoms with E-state index in [0.29, 0.717) is 6.04 Å². The molecule has 2 N–H and O–H groups in total. The normalized spacial score (nSPS) is 15.8. The Kier molecular flexibility index (Phi) is 4.44. The van der Waals surface area contributed by atoms with Crippen LogP contribution in [0.1, 0.15) is 37.7 Å². The van der Waals surface area contributed by atoms with Gasteiger partial charge < -0.3 is 10.6 Å². The molecule has 2 aromatic rings. The van der Waals surface area contributed by atoms with Gasteiger partial charge in [0.1, 0.15) is 0 Å². The van der Waals surface area contributed by atoms with Crippen LogP contribution in [0.3, 0.4) is 0 Å². The van der Waals surface area contributed by atoms with Crippen molar-refractivity contribution < 1.29 is 0 Å². The van der Waals surface area contributed by atoms with Gasteiger partial charge in [0.15, 0.2) is 0 Å². The maximum atomic E-state index is 5.84. The molecule has 3 rings (SSSR count). The average molecular weight is 280 g/mol. The van der Waals surface area contributed by atoms with Crippen molar-refractivity contribution in [2.45, 2.75) is 44.7 Å². The minimum atomic E-state index is 0.655. The van der Waals surface area contributed by atoms with Crippen LogP contribution in [0.15, 0.2) is 54.6 Å². The zero-order chi connectivity index (χ0) is 14.5. The van der Waals surface area contributed by atoms with Crippen LogP contribution < -0.4 is 10.6 Å². The van der Waals surface area contributed by atoms with Gasteiger partial charge in [-0.3, -0.25) is 0 Å². The molecule has 0 heterocycles. The molecule has 21 heavy (non-hydrogen) atoms. The Morgan fingerprint density at radius 3 is 2.19 bits per heavy atom. The van der Waals surface area contributed by atoms with Crippen LogP contribution in [0.25, 0.3) is 0 Å². The number of rotatable bonds is 4. The van der Waals surface area contributed by atoms with Crippen LogP contribution in [0, 0.1) is 0 Å². The van der Waals surface area contributed by atoms with Gasteiger partial charge in [0, 0.05) is 24.0 Å². The van der Waals surface area contributed by atoms with Gasteiger partial charge in [0.2, 0.25) is 0 Å². The van der Waals surface area contributed by atoms with Crippen molar-refractivity contribution in [3.05, 3.63) is 60.2 Å². The van der Waals surface area contributed by atoms with Gasteiger partial charge >= 0.3 is 0 Å². The highest BCUT2D eigenvalue weighted by molar-refractivity contribution is 5.54. The maximum absolute atomic E-state index is 5.84. The first-order valence-corrected chi connectivity index (χ1v) is 7.99. The third kappa shape index (κ3) is 3.57. The van der Waals surface area contributed by atoms with Crippen molar-refractivity contribution in [2.24, 2.45) is 0 Å². The van der Waals surface area contributed by atoms with Gasteiger partial charge in [0.05, 0.1) is 0 Å². The molecule has 1 saturated carbocycles. The molecular formula is C19H24N2. The predicted octanol–water partition coefficient (Wildman–Crippen LogP) is 4.61. The van der Waals surface area contributed by atoms with E-state index in [2.05, 4.69) is 47.4 Å². The number of nitrogen functional groups attached to an aromatic ring is 1. The van der Waals surface area contributed by atoms with E-state index < -0.39 is 0 Å². The quantitative estimate of drug-likeness (QED) is 0.829. The van der Waals surface area contributed by atoms with E-state index in [4.69, 9.17) is 5.73 Å². The summed E-state index contributed by atoms with van der Waals surface area (Å²) in [6.07, 6.45) is 6.70. The Bertz CT molecular complexity index is 542. The van der Waals surface area contributed by atoms with Crippen molar-refractivity contribution in [2.75, 3.05) is 10.6 Å². The van der Waals surface area contributed by atoms with E-state index >= 15 is 0 Å². The molecule has 1 fully saturated rings. The fourth-order valence-corrected chi connectivity index (χ4v) is 3.27. The zero-order valence-corrected chi connectivity index (χ0v) is 12.5. The van der Waals surface area contributed by atoms with Crippen molar-refractivity contribution in [3.8, 4) is 0 Å². The Morgan fingerprint density at radius 2 is 1.52 bits per heavy atom. The fourth-order valence-electron chi connectivity index (χ4n) is 3.27. The van der Waals surface area contributed by atoms with Crippen LogP contribution in [-0.4, -0.2) is 6.04 Å². The molecule has 0 saturated heterocycles. The predicted molar refractivity (Wildman–Crippen MR) is 90.4 cm³/mol. The smallest absolute Gasteiger partial charge is 0.0432 e. The summed E-state index contributed by atoms with van der Waals surface area (Å²) in [5.74, 6) is 0. The maximum Gasteiger partial charge on any atom is 0.0432 e. The largest absolute Gasteiger partial charge is 0.399 e. The van der Waals surface area contributed by atoms with Crippen LogP contribution >= 0.6 is 0 Å². The second-order valence-electron chi connectivity index (χ2n) is 6.00. The van der Waals surface area contributed by atoms with Gasteiger partial charge in [-0.15, -0.1) is 0 Å². The highest BCUT2D eigenvalue weighted by atomic mass is 15.2. The first-order valence-electron chi connectivity index (χ1n) is 7.99. The van der Waals surface area contributed by atoms with E-state index in [1.807, 2.05) is 12.1 Å². The van der Waals surface area contributed by atoms with E-state index in [1.54, 1.807) is 0 Å². The van der Waals surface area contributed by atoms with Crippen molar-refractivity contribution in [3.63, 3.8) is 0 Å². The van der Waals surface area contributed by atoms with Gasteiger partial charge in [-0.1, -0.05) is 49.6 Å².